The minimum absolute atomic E-state index is 0.488. The lowest BCUT2D eigenvalue weighted by atomic mass is 9.86. The summed E-state index contributed by atoms with van der Waals surface area (Å²) in [6.45, 7) is 6.42. The molecule has 0 aliphatic carbocycles. The molecular weight excluding hydrogens is 484 g/mol. The lowest BCUT2D eigenvalue weighted by Gasteiger charge is -2.34. The van der Waals surface area contributed by atoms with Crippen LogP contribution in [0.1, 0.15) is 25.3 Å². The summed E-state index contributed by atoms with van der Waals surface area (Å²) in [5, 5.41) is 21.2. The van der Waals surface area contributed by atoms with Gasteiger partial charge >= 0.3 is 11.9 Å². The Kier molecular flexibility index (Phi) is 10.3. The van der Waals surface area contributed by atoms with E-state index in [1.807, 2.05) is 12.1 Å². The third kappa shape index (κ3) is 8.70. The van der Waals surface area contributed by atoms with Crippen LogP contribution in [0.5, 0.6) is 5.88 Å². The van der Waals surface area contributed by atoms with Crippen molar-refractivity contribution in [2.75, 3.05) is 26.2 Å². The van der Waals surface area contributed by atoms with Crippen LogP contribution < -0.4 is 4.74 Å². The third-order valence-electron chi connectivity index (χ3n) is 6.25. The minimum Gasteiger partial charge on any atom is -0.478 e. The molecule has 1 aliphatic heterocycles. The van der Waals surface area contributed by atoms with Gasteiger partial charge in [0.05, 0.1) is 12.0 Å². The fourth-order valence-electron chi connectivity index (χ4n) is 4.16. The summed E-state index contributed by atoms with van der Waals surface area (Å²) < 4.78 is 11.3. The van der Waals surface area contributed by atoms with E-state index in [9.17, 15) is 9.59 Å². The molecule has 9 heteroatoms. The van der Waals surface area contributed by atoms with E-state index in [1.54, 1.807) is 6.07 Å². The summed E-state index contributed by atoms with van der Waals surface area (Å²) in [4.78, 5) is 21.7. The van der Waals surface area contributed by atoms with Gasteiger partial charge in [-0.3, -0.25) is 0 Å². The molecule has 0 radical (unpaired) electrons. The first-order chi connectivity index (χ1) is 17.3. The predicted octanol–water partition coefficient (Wildman–Crippen LogP) is 5.16. The minimum atomic E-state index is -1.26. The second kappa shape index (κ2) is 13.7. The van der Waals surface area contributed by atoms with E-state index in [0.29, 0.717) is 47.1 Å². The van der Waals surface area contributed by atoms with Crippen molar-refractivity contribution < 1.29 is 29.1 Å². The molecule has 1 atom stereocenters. The van der Waals surface area contributed by atoms with Gasteiger partial charge in [0, 0.05) is 23.7 Å². The molecule has 0 spiro atoms. The van der Waals surface area contributed by atoms with Crippen LogP contribution in [0.4, 0.5) is 0 Å². The highest BCUT2D eigenvalue weighted by Gasteiger charge is 2.24. The summed E-state index contributed by atoms with van der Waals surface area (Å²) in [7, 11) is 0. The molecule has 1 aliphatic rings. The first-order valence-corrected chi connectivity index (χ1v) is 12.3. The Balaban J connectivity index is 0.000000392. The number of halogens is 1. The van der Waals surface area contributed by atoms with Crippen LogP contribution >= 0.6 is 11.6 Å². The highest BCUT2D eigenvalue weighted by Crippen LogP contribution is 2.30. The topological polar surface area (TPSA) is 113 Å². The van der Waals surface area contributed by atoms with Gasteiger partial charge in [-0.25, -0.2) is 9.59 Å². The second-order valence-corrected chi connectivity index (χ2v) is 9.28. The molecule has 1 saturated heterocycles. The molecule has 0 bridgehead atoms. The van der Waals surface area contributed by atoms with Crippen molar-refractivity contribution in [2.24, 2.45) is 11.8 Å². The molecule has 0 saturated carbocycles. The van der Waals surface area contributed by atoms with Crippen LogP contribution in [0.25, 0.3) is 11.0 Å². The van der Waals surface area contributed by atoms with Crippen LogP contribution in [0.15, 0.2) is 65.2 Å². The Hall–Kier alpha value is -3.36. The zero-order valence-corrected chi connectivity index (χ0v) is 20.9. The number of aromatic nitrogens is 1. The van der Waals surface area contributed by atoms with Crippen LogP contribution in [0.3, 0.4) is 0 Å². The number of aliphatic carboxylic acids is 2. The lowest BCUT2D eigenvalue weighted by Crippen LogP contribution is -2.37. The SMILES string of the molecule is CC(COc1noc2ccc(Cl)cc12)C1CCN(CCc2ccccc2)CC1.O=C(O)C=CC(=O)O. The van der Waals surface area contributed by atoms with Crippen molar-refractivity contribution in [2.45, 2.75) is 26.2 Å². The van der Waals surface area contributed by atoms with Crippen molar-refractivity contribution in [3.63, 3.8) is 0 Å². The highest BCUT2D eigenvalue weighted by molar-refractivity contribution is 6.31. The normalized spacial score (nSPS) is 15.4. The second-order valence-electron chi connectivity index (χ2n) is 8.84. The van der Waals surface area contributed by atoms with E-state index >= 15 is 0 Å². The number of fused-ring (bicyclic) bond motifs is 1. The van der Waals surface area contributed by atoms with Gasteiger partial charge in [-0.1, -0.05) is 48.9 Å². The molecule has 2 heterocycles. The number of benzene rings is 2. The number of carboxylic acid groups (broad SMARTS) is 2. The summed E-state index contributed by atoms with van der Waals surface area (Å²) in [6.07, 6.45) is 4.70. The van der Waals surface area contributed by atoms with Gasteiger partial charge < -0.3 is 24.4 Å². The number of hydrogen-bond acceptors (Lipinski definition) is 6. The van der Waals surface area contributed by atoms with Crippen LogP contribution in [-0.2, 0) is 16.0 Å². The van der Waals surface area contributed by atoms with E-state index in [-0.39, 0.29) is 0 Å². The van der Waals surface area contributed by atoms with Crippen molar-refractivity contribution in [1.82, 2.24) is 10.1 Å². The Morgan fingerprint density at radius 2 is 1.81 bits per heavy atom. The number of ether oxygens (including phenoxy) is 1. The molecule has 1 aromatic heterocycles. The number of nitrogens with zero attached hydrogens (tertiary/aromatic N) is 2. The maximum Gasteiger partial charge on any atom is 0.328 e. The van der Waals surface area contributed by atoms with Gasteiger partial charge in [0.2, 0.25) is 0 Å². The van der Waals surface area contributed by atoms with Crippen LogP contribution in [-0.4, -0.2) is 58.4 Å². The van der Waals surface area contributed by atoms with Gasteiger partial charge in [0.1, 0.15) is 0 Å². The zero-order chi connectivity index (χ0) is 25.9. The number of likely N-dealkylation sites (tertiary alicyclic amines) is 1. The van der Waals surface area contributed by atoms with Gasteiger partial charge in [-0.05, 0) is 73.1 Å². The standard InChI is InChI=1S/C23H27ClN2O2.C4H4O4/c1-17(16-27-23-21-15-20(24)7-8-22(21)28-25-23)19-10-13-26(14-11-19)12-9-18-5-3-2-4-6-18;5-3(6)1-2-4(7)8/h2-8,15,17,19H,9-14,16H2,1H3;1-2H,(H,5,6)(H,7,8). The summed E-state index contributed by atoms with van der Waals surface area (Å²) in [5.74, 6) is -0.790. The van der Waals surface area contributed by atoms with Crippen molar-refractivity contribution >= 4 is 34.5 Å². The first kappa shape index (κ1) is 27.2. The molecule has 2 aromatic carbocycles. The summed E-state index contributed by atoms with van der Waals surface area (Å²) in [6, 6.07) is 16.2. The summed E-state index contributed by atoms with van der Waals surface area (Å²) >= 11 is 6.08. The number of piperidine rings is 1. The average Bonchev–Trinajstić information content (AvgIpc) is 3.28. The Morgan fingerprint density at radius 1 is 1.14 bits per heavy atom. The van der Waals surface area contributed by atoms with Gasteiger partial charge in [0.15, 0.2) is 5.58 Å². The molecule has 1 unspecified atom stereocenters. The predicted molar refractivity (Wildman–Crippen MR) is 137 cm³/mol. The number of hydrogen-bond donors (Lipinski definition) is 2. The van der Waals surface area contributed by atoms with E-state index in [4.69, 9.17) is 31.1 Å². The largest absolute Gasteiger partial charge is 0.478 e. The third-order valence-corrected chi connectivity index (χ3v) is 6.48. The number of rotatable bonds is 9. The average molecular weight is 515 g/mol. The molecule has 3 aromatic rings. The van der Waals surface area contributed by atoms with Crippen molar-refractivity contribution in [3.8, 4) is 5.88 Å². The molecule has 1 fully saturated rings. The molecule has 192 valence electrons. The number of carbonyl (C=O) groups is 2. The monoisotopic (exact) mass is 514 g/mol. The molecule has 36 heavy (non-hydrogen) atoms. The summed E-state index contributed by atoms with van der Waals surface area (Å²) in [5.41, 5.74) is 2.13. The Labute approximate surface area is 215 Å². The lowest BCUT2D eigenvalue weighted by molar-refractivity contribution is -0.134. The molecular formula is C27H31ClN2O6. The molecule has 8 nitrogen and oxygen atoms in total. The first-order valence-electron chi connectivity index (χ1n) is 11.9. The van der Waals surface area contributed by atoms with E-state index in [1.165, 1.54) is 31.5 Å². The molecule has 4 rings (SSSR count). The van der Waals surface area contributed by atoms with Gasteiger partial charge in [-0.2, -0.15) is 0 Å². The molecule has 0 amide bonds. The van der Waals surface area contributed by atoms with E-state index in [0.717, 1.165) is 18.4 Å². The van der Waals surface area contributed by atoms with Crippen LogP contribution in [0.2, 0.25) is 5.02 Å². The zero-order valence-electron chi connectivity index (χ0n) is 20.2. The van der Waals surface area contributed by atoms with Crippen molar-refractivity contribution in [1.29, 1.82) is 0 Å². The van der Waals surface area contributed by atoms with E-state index in [2.05, 4.69) is 47.3 Å². The Bertz CT molecular complexity index is 1140. The van der Waals surface area contributed by atoms with E-state index < -0.39 is 11.9 Å². The van der Waals surface area contributed by atoms with Crippen molar-refractivity contribution in [3.05, 3.63) is 71.3 Å². The highest BCUT2D eigenvalue weighted by atomic mass is 35.5. The van der Waals surface area contributed by atoms with Gasteiger partial charge in [0.25, 0.3) is 5.88 Å². The maximum absolute atomic E-state index is 9.55. The molecule has 2 N–H and O–H groups in total. The smallest absolute Gasteiger partial charge is 0.328 e. The Morgan fingerprint density at radius 3 is 2.44 bits per heavy atom. The fourth-order valence-corrected chi connectivity index (χ4v) is 4.33. The number of carboxylic acids is 2. The fraction of sp³-hybridized carbons (Fsp3) is 0.370. The quantitative estimate of drug-likeness (QED) is 0.376. The van der Waals surface area contributed by atoms with Crippen LogP contribution in [0, 0.1) is 11.8 Å². The maximum atomic E-state index is 9.55. The van der Waals surface area contributed by atoms with Gasteiger partial charge in [-0.15, -0.1) is 0 Å².